The smallest absolute Gasteiger partial charge is 0.408 e. The summed E-state index contributed by atoms with van der Waals surface area (Å²) in [4.78, 5) is 16.4. The van der Waals surface area contributed by atoms with E-state index < -0.39 is 17.2 Å². The second-order valence-electron chi connectivity index (χ2n) is 8.06. The lowest BCUT2D eigenvalue weighted by Gasteiger charge is -2.29. The monoisotopic (exact) mass is 347 g/mol. The zero-order chi connectivity index (χ0) is 18.7. The average molecular weight is 347 g/mol. The van der Waals surface area contributed by atoms with Crippen molar-refractivity contribution in [3.63, 3.8) is 0 Å². The van der Waals surface area contributed by atoms with Crippen molar-refractivity contribution in [3.8, 4) is 0 Å². The van der Waals surface area contributed by atoms with Crippen molar-refractivity contribution in [2.75, 3.05) is 0 Å². The molecule has 0 bridgehead atoms. The van der Waals surface area contributed by atoms with Crippen molar-refractivity contribution in [3.05, 3.63) is 36.7 Å². The van der Waals surface area contributed by atoms with Crippen LogP contribution in [0.5, 0.6) is 0 Å². The van der Waals surface area contributed by atoms with Crippen molar-refractivity contribution in [1.82, 2.24) is 24.6 Å². The van der Waals surface area contributed by atoms with Crippen molar-refractivity contribution in [1.29, 1.82) is 0 Å². The Morgan fingerprint density at radius 3 is 2.64 bits per heavy atom. The zero-order valence-corrected chi connectivity index (χ0v) is 16.0. The van der Waals surface area contributed by atoms with E-state index in [-0.39, 0.29) is 6.04 Å². The molecule has 0 spiro atoms. The van der Waals surface area contributed by atoms with E-state index >= 15 is 0 Å². The fraction of sp³-hybridized carbons (Fsp3) is 0.611. The Balaban J connectivity index is 2.02. The van der Waals surface area contributed by atoms with Gasteiger partial charge in [-0.3, -0.25) is 4.68 Å². The van der Waals surface area contributed by atoms with Gasteiger partial charge in [-0.2, -0.15) is 5.10 Å². The predicted molar refractivity (Wildman–Crippen MR) is 96.3 cm³/mol. The number of hydrogen-bond acceptors (Lipinski definition) is 4. The topological polar surface area (TPSA) is 74.0 Å². The van der Waals surface area contributed by atoms with Gasteiger partial charge in [-0.1, -0.05) is 0 Å². The minimum atomic E-state index is -0.514. The molecule has 1 N–H and O–H groups in total. The van der Waals surface area contributed by atoms with Gasteiger partial charge in [-0.25, -0.2) is 9.78 Å². The standard InChI is InChI=1S/C18H29N5O2/c1-14(12-22-9-7-8-20-22)23-13-19-11-15(23)10-18(5,6)21-16(24)25-17(2,3)4/h7-9,11,13-14H,10,12H2,1-6H3,(H,21,24). The molecule has 7 nitrogen and oxygen atoms in total. The molecule has 0 saturated carbocycles. The van der Waals surface area contributed by atoms with E-state index in [1.807, 2.05) is 64.1 Å². The van der Waals surface area contributed by atoms with Gasteiger partial charge >= 0.3 is 6.09 Å². The normalized spacial score (nSPS) is 13.5. The molecule has 0 aliphatic heterocycles. The number of imidazole rings is 1. The molecule has 138 valence electrons. The van der Waals surface area contributed by atoms with Gasteiger partial charge in [0, 0.05) is 36.2 Å². The van der Waals surface area contributed by atoms with Crippen LogP contribution in [0.3, 0.4) is 0 Å². The summed E-state index contributed by atoms with van der Waals surface area (Å²) in [6.45, 7) is 12.4. The molecule has 0 saturated heterocycles. The molecule has 2 aromatic rings. The molecule has 0 radical (unpaired) electrons. The zero-order valence-electron chi connectivity index (χ0n) is 16.0. The van der Waals surface area contributed by atoms with Crippen LogP contribution in [-0.2, 0) is 17.7 Å². The summed E-state index contributed by atoms with van der Waals surface area (Å²) in [5.74, 6) is 0. The van der Waals surface area contributed by atoms with Crippen LogP contribution in [-0.4, -0.2) is 36.6 Å². The van der Waals surface area contributed by atoms with Crippen LogP contribution in [0.2, 0.25) is 0 Å². The molecule has 2 aromatic heterocycles. The van der Waals surface area contributed by atoms with Gasteiger partial charge in [0.1, 0.15) is 5.60 Å². The maximum absolute atomic E-state index is 12.1. The molecular weight excluding hydrogens is 318 g/mol. The molecule has 0 fully saturated rings. The maximum Gasteiger partial charge on any atom is 0.408 e. The van der Waals surface area contributed by atoms with E-state index in [0.29, 0.717) is 6.42 Å². The minimum absolute atomic E-state index is 0.203. The van der Waals surface area contributed by atoms with Gasteiger partial charge in [0.15, 0.2) is 0 Å². The molecule has 2 heterocycles. The van der Waals surface area contributed by atoms with Crippen molar-refractivity contribution >= 4 is 6.09 Å². The van der Waals surface area contributed by atoms with Crippen LogP contribution in [0.25, 0.3) is 0 Å². The Bertz CT molecular complexity index is 683. The number of rotatable bonds is 6. The largest absolute Gasteiger partial charge is 0.444 e. The SMILES string of the molecule is CC(Cn1cccn1)n1cncc1CC(C)(C)NC(=O)OC(C)(C)C. The Hall–Kier alpha value is -2.31. The van der Waals surface area contributed by atoms with E-state index in [2.05, 4.69) is 26.9 Å². The highest BCUT2D eigenvalue weighted by Crippen LogP contribution is 2.18. The molecule has 0 aliphatic rings. The molecule has 1 atom stereocenters. The maximum atomic E-state index is 12.1. The first-order valence-corrected chi connectivity index (χ1v) is 8.55. The summed E-state index contributed by atoms with van der Waals surface area (Å²) in [6, 6.07) is 2.12. The third-order valence-electron chi connectivity index (χ3n) is 3.69. The third-order valence-corrected chi connectivity index (χ3v) is 3.69. The number of nitrogens with zero attached hydrogens (tertiary/aromatic N) is 4. The fourth-order valence-corrected chi connectivity index (χ4v) is 2.71. The van der Waals surface area contributed by atoms with Crippen LogP contribution >= 0.6 is 0 Å². The number of nitrogens with one attached hydrogen (secondary N) is 1. The molecule has 2 rings (SSSR count). The van der Waals surface area contributed by atoms with Gasteiger partial charge < -0.3 is 14.6 Å². The summed E-state index contributed by atoms with van der Waals surface area (Å²) in [5, 5.41) is 7.20. The Morgan fingerprint density at radius 2 is 2.04 bits per heavy atom. The van der Waals surface area contributed by atoms with Gasteiger partial charge in [-0.05, 0) is 47.6 Å². The molecule has 25 heavy (non-hydrogen) atoms. The Kier molecular flexibility index (Phi) is 5.55. The first-order chi connectivity index (χ1) is 11.6. The van der Waals surface area contributed by atoms with E-state index in [1.54, 1.807) is 6.20 Å². The number of carbonyl (C=O) groups is 1. The van der Waals surface area contributed by atoms with Crippen molar-refractivity contribution in [2.24, 2.45) is 0 Å². The van der Waals surface area contributed by atoms with Gasteiger partial charge in [-0.15, -0.1) is 0 Å². The quantitative estimate of drug-likeness (QED) is 0.871. The second-order valence-corrected chi connectivity index (χ2v) is 8.06. The van der Waals surface area contributed by atoms with Crippen LogP contribution in [0, 0.1) is 0 Å². The first kappa shape index (κ1) is 19.0. The number of alkyl carbamates (subject to hydrolysis) is 1. The van der Waals surface area contributed by atoms with Crippen LogP contribution in [0.1, 0.15) is 53.3 Å². The lowest BCUT2D eigenvalue weighted by atomic mass is 9.98. The van der Waals surface area contributed by atoms with Crippen LogP contribution < -0.4 is 5.32 Å². The number of hydrogen-bond donors (Lipinski definition) is 1. The number of aromatic nitrogens is 4. The third kappa shape index (κ3) is 5.92. The van der Waals surface area contributed by atoms with Gasteiger partial charge in [0.05, 0.1) is 18.9 Å². The minimum Gasteiger partial charge on any atom is -0.444 e. The van der Waals surface area contributed by atoms with Crippen LogP contribution in [0.4, 0.5) is 4.79 Å². The van der Waals surface area contributed by atoms with E-state index in [0.717, 1.165) is 12.2 Å². The highest BCUT2D eigenvalue weighted by atomic mass is 16.6. The fourth-order valence-electron chi connectivity index (χ4n) is 2.71. The first-order valence-electron chi connectivity index (χ1n) is 8.55. The summed E-state index contributed by atoms with van der Waals surface area (Å²) in [6.07, 6.45) is 7.63. The lowest BCUT2D eigenvalue weighted by molar-refractivity contribution is 0.0471. The highest BCUT2D eigenvalue weighted by molar-refractivity contribution is 5.68. The molecule has 1 amide bonds. The van der Waals surface area contributed by atoms with Gasteiger partial charge in [0.2, 0.25) is 0 Å². The molecular formula is C18H29N5O2. The molecule has 0 aliphatic carbocycles. The second kappa shape index (κ2) is 7.29. The Morgan fingerprint density at radius 1 is 1.32 bits per heavy atom. The summed E-state index contributed by atoms with van der Waals surface area (Å²) in [5.41, 5.74) is 0.0897. The van der Waals surface area contributed by atoms with Crippen molar-refractivity contribution < 1.29 is 9.53 Å². The number of ether oxygens (including phenoxy) is 1. The van der Waals surface area contributed by atoms with Crippen molar-refractivity contribution in [2.45, 2.75) is 71.7 Å². The van der Waals surface area contributed by atoms with E-state index in [9.17, 15) is 4.79 Å². The number of amides is 1. The molecule has 7 heteroatoms. The Labute approximate surface area is 149 Å². The highest BCUT2D eigenvalue weighted by Gasteiger charge is 2.26. The van der Waals surface area contributed by atoms with E-state index in [4.69, 9.17) is 4.74 Å². The van der Waals surface area contributed by atoms with Crippen LogP contribution in [0.15, 0.2) is 31.0 Å². The van der Waals surface area contributed by atoms with Gasteiger partial charge in [0.25, 0.3) is 0 Å². The summed E-state index contributed by atoms with van der Waals surface area (Å²) in [7, 11) is 0. The van der Waals surface area contributed by atoms with E-state index in [1.165, 1.54) is 0 Å². The molecule has 0 aromatic carbocycles. The average Bonchev–Trinajstić information content (AvgIpc) is 3.06. The number of carbonyl (C=O) groups excluding carboxylic acids is 1. The summed E-state index contributed by atoms with van der Waals surface area (Å²) >= 11 is 0. The lowest BCUT2D eigenvalue weighted by Crippen LogP contribution is -2.47. The molecule has 1 unspecified atom stereocenters. The predicted octanol–water partition coefficient (Wildman–Crippen LogP) is 3.19. The summed E-state index contributed by atoms with van der Waals surface area (Å²) < 4.78 is 9.38.